The number of pyridine rings is 1. The van der Waals surface area contributed by atoms with E-state index in [-0.39, 0.29) is 6.61 Å². The predicted molar refractivity (Wildman–Crippen MR) is 124 cm³/mol. The third-order valence-electron chi connectivity index (χ3n) is 5.60. The molecule has 0 saturated heterocycles. The van der Waals surface area contributed by atoms with Gasteiger partial charge in [-0.05, 0) is 22.8 Å². The molecular weight excluding hydrogens is 406 g/mol. The molecule has 0 fully saturated rings. The van der Waals surface area contributed by atoms with Crippen molar-refractivity contribution in [3.63, 3.8) is 0 Å². The first-order chi connectivity index (χ1) is 15.2. The standard InChI is InChI=1S/C25H23N3O2S/c26-22-20-13-19-15-28(14-17-7-3-1-4-8-17)12-11-21(19)27-24(20)31-23(22)25(29)30-16-18-9-5-2-6-10-18/h1-10,13H,11-12,14-16,26H2. The van der Waals surface area contributed by atoms with Gasteiger partial charge in [-0.25, -0.2) is 9.78 Å². The van der Waals surface area contributed by atoms with Crippen LogP contribution in [-0.2, 0) is 30.9 Å². The molecule has 0 saturated carbocycles. The van der Waals surface area contributed by atoms with Gasteiger partial charge in [0.25, 0.3) is 0 Å². The van der Waals surface area contributed by atoms with E-state index in [9.17, 15) is 4.79 Å². The van der Waals surface area contributed by atoms with Crippen LogP contribution in [0, 0.1) is 0 Å². The first-order valence-corrected chi connectivity index (χ1v) is 11.2. The number of fused-ring (bicyclic) bond motifs is 2. The summed E-state index contributed by atoms with van der Waals surface area (Å²) in [5.41, 5.74) is 11.4. The monoisotopic (exact) mass is 429 g/mol. The van der Waals surface area contributed by atoms with E-state index in [1.165, 1.54) is 22.5 Å². The van der Waals surface area contributed by atoms with Crippen LogP contribution in [0.25, 0.3) is 10.2 Å². The normalized spacial score (nSPS) is 13.8. The Kier molecular flexibility index (Phi) is 5.40. The second-order valence-corrected chi connectivity index (χ2v) is 8.80. The molecule has 4 aromatic rings. The molecule has 2 aromatic heterocycles. The highest BCUT2D eigenvalue weighted by atomic mass is 32.1. The Balaban J connectivity index is 1.35. The Labute approximate surface area is 185 Å². The largest absolute Gasteiger partial charge is 0.457 e. The minimum Gasteiger partial charge on any atom is -0.457 e. The van der Waals surface area contributed by atoms with Crippen LogP contribution in [0.15, 0.2) is 66.7 Å². The molecule has 0 bridgehead atoms. The van der Waals surface area contributed by atoms with Crippen molar-refractivity contribution in [1.29, 1.82) is 0 Å². The maximum Gasteiger partial charge on any atom is 0.350 e. The fourth-order valence-corrected chi connectivity index (χ4v) is 4.96. The fraction of sp³-hybridized carbons (Fsp3) is 0.200. The van der Waals surface area contributed by atoms with Crippen LogP contribution >= 0.6 is 11.3 Å². The Morgan fingerprint density at radius 3 is 2.52 bits per heavy atom. The molecule has 2 aromatic carbocycles. The molecule has 1 aliphatic rings. The van der Waals surface area contributed by atoms with Gasteiger partial charge >= 0.3 is 5.97 Å². The lowest BCUT2D eigenvalue weighted by atomic mass is 10.0. The molecule has 3 heterocycles. The summed E-state index contributed by atoms with van der Waals surface area (Å²) in [6.45, 7) is 2.93. The van der Waals surface area contributed by atoms with Gasteiger partial charge in [-0.3, -0.25) is 4.90 Å². The molecule has 1 aliphatic heterocycles. The highest BCUT2D eigenvalue weighted by molar-refractivity contribution is 7.21. The van der Waals surface area contributed by atoms with Crippen LogP contribution in [0.3, 0.4) is 0 Å². The summed E-state index contributed by atoms with van der Waals surface area (Å²) in [5, 5.41) is 0.844. The van der Waals surface area contributed by atoms with Gasteiger partial charge in [-0.1, -0.05) is 60.7 Å². The lowest BCUT2D eigenvalue weighted by Crippen LogP contribution is -2.30. The van der Waals surface area contributed by atoms with Crippen molar-refractivity contribution >= 4 is 33.2 Å². The Bertz CT molecular complexity index is 1220. The summed E-state index contributed by atoms with van der Waals surface area (Å²) < 4.78 is 5.49. The van der Waals surface area contributed by atoms with Crippen LogP contribution in [0.2, 0.25) is 0 Å². The van der Waals surface area contributed by atoms with E-state index in [0.717, 1.165) is 47.5 Å². The molecule has 0 aliphatic carbocycles. The number of thiophene rings is 1. The predicted octanol–water partition coefficient (Wildman–Crippen LogP) is 4.79. The van der Waals surface area contributed by atoms with Gasteiger partial charge < -0.3 is 10.5 Å². The summed E-state index contributed by atoms with van der Waals surface area (Å²) in [7, 11) is 0. The first-order valence-electron chi connectivity index (χ1n) is 10.4. The molecule has 2 N–H and O–H groups in total. The maximum atomic E-state index is 12.7. The number of anilines is 1. The zero-order valence-electron chi connectivity index (χ0n) is 17.1. The third kappa shape index (κ3) is 4.17. The molecule has 0 atom stereocenters. The number of nitrogens with two attached hydrogens (primary N) is 1. The lowest BCUT2D eigenvalue weighted by molar-refractivity contribution is 0.0480. The van der Waals surface area contributed by atoms with Crippen molar-refractivity contribution < 1.29 is 9.53 Å². The van der Waals surface area contributed by atoms with E-state index in [4.69, 9.17) is 15.5 Å². The van der Waals surface area contributed by atoms with Crippen LogP contribution in [-0.4, -0.2) is 22.4 Å². The van der Waals surface area contributed by atoms with Crippen molar-refractivity contribution in [2.24, 2.45) is 0 Å². The highest BCUT2D eigenvalue weighted by Gasteiger charge is 2.23. The molecule has 6 heteroatoms. The van der Waals surface area contributed by atoms with E-state index in [0.29, 0.717) is 10.6 Å². The molecule has 5 nitrogen and oxygen atoms in total. The SMILES string of the molecule is Nc1c(C(=O)OCc2ccccc2)sc2nc3c(cc12)CN(Cc1ccccc1)CC3. The van der Waals surface area contributed by atoms with E-state index in [1.54, 1.807) is 0 Å². The van der Waals surface area contributed by atoms with Crippen molar-refractivity contribution in [2.45, 2.75) is 26.1 Å². The number of esters is 1. The number of carbonyl (C=O) groups is 1. The number of nitrogens with zero attached hydrogens (tertiary/aromatic N) is 2. The number of carbonyl (C=O) groups excluding carboxylic acids is 1. The van der Waals surface area contributed by atoms with Crippen molar-refractivity contribution in [3.05, 3.63) is 94.0 Å². The van der Waals surface area contributed by atoms with Crippen LogP contribution in [0.4, 0.5) is 5.69 Å². The Morgan fingerprint density at radius 2 is 1.77 bits per heavy atom. The smallest absolute Gasteiger partial charge is 0.350 e. The topological polar surface area (TPSA) is 68.5 Å². The molecule has 0 amide bonds. The molecule has 5 rings (SSSR count). The Morgan fingerprint density at radius 1 is 1.06 bits per heavy atom. The number of rotatable bonds is 5. The van der Waals surface area contributed by atoms with Crippen molar-refractivity contribution in [3.8, 4) is 0 Å². The van der Waals surface area contributed by atoms with E-state index in [2.05, 4.69) is 35.2 Å². The average Bonchev–Trinajstić information content (AvgIpc) is 3.13. The van der Waals surface area contributed by atoms with Gasteiger partial charge in [-0.15, -0.1) is 11.3 Å². The summed E-state index contributed by atoms with van der Waals surface area (Å²) in [5.74, 6) is -0.395. The number of benzene rings is 2. The van der Waals surface area contributed by atoms with Crippen molar-refractivity contribution in [1.82, 2.24) is 9.88 Å². The van der Waals surface area contributed by atoms with Crippen molar-refractivity contribution in [2.75, 3.05) is 12.3 Å². The maximum absolute atomic E-state index is 12.7. The number of aromatic nitrogens is 1. The van der Waals surface area contributed by atoms with E-state index in [1.807, 2.05) is 36.4 Å². The number of ether oxygens (including phenoxy) is 1. The van der Waals surface area contributed by atoms with Gasteiger partial charge in [-0.2, -0.15) is 0 Å². The number of hydrogen-bond acceptors (Lipinski definition) is 6. The van der Waals surface area contributed by atoms with E-state index >= 15 is 0 Å². The summed E-state index contributed by atoms with van der Waals surface area (Å²) in [6.07, 6.45) is 0.893. The van der Waals surface area contributed by atoms with E-state index < -0.39 is 5.97 Å². The molecule has 0 radical (unpaired) electrons. The first kappa shape index (κ1) is 19.7. The highest BCUT2D eigenvalue weighted by Crippen LogP contribution is 2.35. The van der Waals surface area contributed by atoms with Gasteiger partial charge in [0.05, 0.1) is 5.69 Å². The minimum atomic E-state index is -0.395. The molecule has 31 heavy (non-hydrogen) atoms. The lowest BCUT2D eigenvalue weighted by Gasteiger charge is -2.28. The molecule has 0 spiro atoms. The van der Waals surface area contributed by atoms with Crippen LogP contribution in [0.5, 0.6) is 0 Å². The molecule has 156 valence electrons. The Hall–Kier alpha value is -3.22. The summed E-state index contributed by atoms with van der Waals surface area (Å²) >= 11 is 1.32. The quantitative estimate of drug-likeness (QED) is 0.462. The van der Waals surface area contributed by atoms with Crippen LogP contribution in [0.1, 0.15) is 32.1 Å². The van der Waals surface area contributed by atoms with Gasteiger partial charge in [0.2, 0.25) is 0 Å². The number of nitrogen functional groups attached to an aromatic ring is 1. The second kappa shape index (κ2) is 8.49. The number of hydrogen-bond donors (Lipinski definition) is 1. The van der Waals surface area contributed by atoms with Gasteiger partial charge in [0, 0.05) is 37.1 Å². The average molecular weight is 430 g/mol. The van der Waals surface area contributed by atoms with Gasteiger partial charge in [0.15, 0.2) is 0 Å². The fourth-order valence-electron chi connectivity index (χ4n) is 3.97. The zero-order chi connectivity index (χ0) is 21.2. The second-order valence-electron chi connectivity index (χ2n) is 7.80. The summed E-state index contributed by atoms with van der Waals surface area (Å²) in [6, 6.07) is 22.2. The zero-order valence-corrected chi connectivity index (χ0v) is 17.9. The minimum absolute atomic E-state index is 0.228. The summed E-state index contributed by atoms with van der Waals surface area (Å²) in [4.78, 5) is 21.2. The third-order valence-corrected chi connectivity index (χ3v) is 6.69. The molecule has 0 unspecified atom stereocenters. The van der Waals surface area contributed by atoms with Crippen LogP contribution < -0.4 is 5.73 Å². The molecular formula is C25H23N3O2S. The van der Waals surface area contributed by atoms with Gasteiger partial charge in [0.1, 0.15) is 16.3 Å².